The average molecular weight is 330 g/mol. The molecule has 22 heavy (non-hydrogen) atoms. The monoisotopic (exact) mass is 329 g/mol. The summed E-state index contributed by atoms with van der Waals surface area (Å²) in [6.07, 6.45) is 3.06. The number of alkyl halides is 1. The lowest BCUT2D eigenvalue weighted by Crippen LogP contribution is -2.51. The fraction of sp³-hybridized carbons (Fsp3) is 0.667. The highest BCUT2D eigenvalue weighted by Crippen LogP contribution is 2.45. The van der Waals surface area contributed by atoms with Crippen molar-refractivity contribution >= 4 is 17.5 Å². The van der Waals surface area contributed by atoms with E-state index >= 15 is 0 Å². The molecule has 0 aromatic heterocycles. The van der Waals surface area contributed by atoms with Gasteiger partial charge in [0.2, 0.25) is 0 Å². The standard InChI is InChI=1S/C15H24ClN3O3/c1-13(2,3)15(16)8-7-10(11(9-15)19(21)22)12(20)18(17)14(4,5)6/h7-8H,9,17H2,1-6H3. The molecule has 0 fully saturated rings. The highest BCUT2D eigenvalue weighted by atomic mass is 35.5. The quantitative estimate of drug-likeness (QED) is 0.277. The second-order valence-electron chi connectivity index (χ2n) is 7.59. The third-order valence-corrected chi connectivity index (χ3v) is 4.72. The Bertz CT molecular complexity index is 555. The smallest absolute Gasteiger partial charge is 0.271 e. The van der Waals surface area contributed by atoms with E-state index < -0.39 is 26.7 Å². The topological polar surface area (TPSA) is 89.5 Å². The molecule has 0 spiro atoms. The van der Waals surface area contributed by atoms with Gasteiger partial charge in [-0.1, -0.05) is 26.8 Å². The van der Waals surface area contributed by atoms with Crippen molar-refractivity contribution in [3.63, 3.8) is 0 Å². The number of halogens is 1. The molecule has 0 aromatic carbocycles. The summed E-state index contributed by atoms with van der Waals surface area (Å²) in [5, 5.41) is 12.4. The maximum atomic E-state index is 12.5. The summed E-state index contributed by atoms with van der Waals surface area (Å²) in [6, 6.07) is 0. The second kappa shape index (κ2) is 5.66. The van der Waals surface area contributed by atoms with Crippen LogP contribution in [0.15, 0.2) is 23.4 Å². The number of amides is 1. The van der Waals surface area contributed by atoms with Gasteiger partial charge in [-0.25, -0.2) is 5.84 Å². The van der Waals surface area contributed by atoms with E-state index in [0.717, 1.165) is 5.01 Å². The predicted molar refractivity (Wildman–Crippen MR) is 86.6 cm³/mol. The minimum atomic E-state index is -0.916. The highest BCUT2D eigenvalue weighted by Gasteiger charge is 2.46. The zero-order valence-corrected chi connectivity index (χ0v) is 14.7. The molecule has 0 bridgehead atoms. The van der Waals surface area contributed by atoms with Crippen LogP contribution in [0.4, 0.5) is 0 Å². The molecule has 1 rings (SSSR count). The fourth-order valence-electron chi connectivity index (χ4n) is 2.02. The Morgan fingerprint density at radius 2 is 1.86 bits per heavy atom. The Labute approximate surface area is 136 Å². The van der Waals surface area contributed by atoms with Crippen LogP contribution in [0, 0.1) is 15.5 Å². The minimum absolute atomic E-state index is 0.0112. The van der Waals surface area contributed by atoms with Gasteiger partial charge in [-0.15, -0.1) is 11.6 Å². The lowest BCUT2D eigenvalue weighted by Gasteiger charge is -2.38. The molecule has 1 atom stereocenters. The van der Waals surface area contributed by atoms with Crippen molar-refractivity contribution in [2.45, 2.75) is 58.4 Å². The van der Waals surface area contributed by atoms with Crippen molar-refractivity contribution in [3.05, 3.63) is 33.5 Å². The van der Waals surface area contributed by atoms with Gasteiger partial charge < -0.3 is 0 Å². The summed E-state index contributed by atoms with van der Waals surface area (Å²) in [4.78, 5) is 22.4. The molecular formula is C15H24ClN3O3. The third kappa shape index (κ3) is 3.50. The molecule has 1 aliphatic rings. The number of hydrogen-bond donors (Lipinski definition) is 1. The van der Waals surface area contributed by atoms with Crippen molar-refractivity contribution in [3.8, 4) is 0 Å². The van der Waals surface area contributed by atoms with Crippen molar-refractivity contribution in [1.82, 2.24) is 5.01 Å². The van der Waals surface area contributed by atoms with Crippen molar-refractivity contribution in [2.75, 3.05) is 0 Å². The maximum absolute atomic E-state index is 12.5. The van der Waals surface area contributed by atoms with Crippen LogP contribution in [0.1, 0.15) is 48.0 Å². The van der Waals surface area contributed by atoms with Crippen molar-refractivity contribution in [1.29, 1.82) is 0 Å². The number of hydrazine groups is 1. The molecule has 6 nitrogen and oxygen atoms in total. The Kier molecular flexibility index (Phi) is 4.80. The zero-order chi connectivity index (χ0) is 17.5. The maximum Gasteiger partial charge on any atom is 0.274 e. The molecule has 0 saturated carbocycles. The van der Waals surface area contributed by atoms with E-state index in [-0.39, 0.29) is 17.7 Å². The summed E-state index contributed by atoms with van der Waals surface area (Å²) in [5.74, 6) is 5.22. The first kappa shape index (κ1) is 18.6. The van der Waals surface area contributed by atoms with Crippen LogP contribution >= 0.6 is 11.6 Å². The van der Waals surface area contributed by atoms with Gasteiger partial charge in [0.1, 0.15) is 5.57 Å². The lowest BCUT2D eigenvalue weighted by atomic mass is 9.74. The van der Waals surface area contributed by atoms with Crippen LogP contribution in [0.3, 0.4) is 0 Å². The lowest BCUT2D eigenvalue weighted by molar-refractivity contribution is -0.429. The normalized spacial score (nSPS) is 22.7. The molecule has 0 saturated heterocycles. The highest BCUT2D eigenvalue weighted by molar-refractivity contribution is 6.26. The van der Waals surface area contributed by atoms with Gasteiger partial charge >= 0.3 is 0 Å². The van der Waals surface area contributed by atoms with E-state index in [1.54, 1.807) is 26.8 Å². The second-order valence-corrected chi connectivity index (χ2v) is 8.26. The molecule has 1 amide bonds. The van der Waals surface area contributed by atoms with Crippen LogP contribution in [0.2, 0.25) is 0 Å². The first-order valence-electron chi connectivity index (χ1n) is 7.06. The Hall–Kier alpha value is -1.40. The number of allylic oxidation sites excluding steroid dienone is 2. The third-order valence-electron chi connectivity index (χ3n) is 3.89. The van der Waals surface area contributed by atoms with Gasteiger partial charge in [-0.3, -0.25) is 19.9 Å². The van der Waals surface area contributed by atoms with E-state index in [0.29, 0.717) is 0 Å². The number of rotatable bonds is 2. The number of carbonyl (C=O) groups is 1. The van der Waals surface area contributed by atoms with Crippen LogP contribution in [0.25, 0.3) is 0 Å². The number of hydrogen-bond acceptors (Lipinski definition) is 4. The summed E-state index contributed by atoms with van der Waals surface area (Å²) in [7, 11) is 0. The van der Waals surface area contributed by atoms with Gasteiger partial charge in [0.25, 0.3) is 11.6 Å². The van der Waals surface area contributed by atoms with Gasteiger partial charge in [0.05, 0.1) is 21.8 Å². The van der Waals surface area contributed by atoms with Crippen molar-refractivity contribution < 1.29 is 9.72 Å². The average Bonchev–Trinajstić information content (AvgIpc) is 2.34. The number of nitrogens with zero attached hydrogens (tertiary/aromatic N) is 2. The van der Waals surface area contributed by atoms with Crippen LogP contribution < -0.4 is 5.84 Å². The van der Waals surface area contributed by atoms with Gasteiger partial charge in [0.15, 0.2) is 0 Å². The van der Waals surface area contributed by atoms with Gasteiger partial charge in [0, 0.05) is 0 Å². The minimum Gasteiger partial charge on any atom is -0.271 e. The van der Waals surface area contributed by atoms with Crippen LogP contribution in [-0.2, 0) is 4.79 Å². The Morgan fingerprint density at radius 1 is 1.36 bits per heavy atom. The summed E-state index contributed by atoms with van der Waals surface area (Å²) < 4.78 is 0. The molecule has 0 radical (unpaired) electrons. The summed E-state index contributed by atoms with van der Waals surface area (Å²) >= 11 is 6.55. The fourth-order valence-corrected chi connectivity index (χ4v) is 2.21. The molecule has 124 valence electrons. The predicted octanol–water partition coefficient (Wildman–Crippen LogP) is 3.00. The first-order chi connectivity index (χ1) is 9.71. The first-order valence-corrected chi connectivity index (χ1v) is 7.43. The van der Waals surface area contributed by atoms with E-state index in [2.05, 4.69) is 0 Å². The number of nitrogens with two attached hydrogens (primary N) is 1. The number of nitro groups is 1. The van der Waals surface area contributed by atoms with Crippen LogP contribution in [-0.4, -0.2) is 26.3 Å². The van der Waals surface area contributed by atoms with Crippen LogP contribution in [0.5, 0.6) is 0 Å². The molecule has 1 aliphatic carbocycles. The summed E-state index contributed by atoms with van der Waals surface area (Å²) in [5.41, 5.74) is -1.24. The molecule has 0 aromatic rings. The largest absolute Gasteiger partial charge is 0.274 e. The van der Waals surface area contributed by atoms with Crippen molar-refractivity contribution in [2.24, 2.45) is 11.3 Å². The molecule has 1 unspecified atom stereocenters. The molecule has 2 N–H and O–H groups in total. The Balaban J connectivity index is 3.30. The molecule has 0 aliphatic heterocycles. The number of carbonyl (C=O) groups excluding carboxylic acids is 1. The molecular weight excluding hydrogens is 306 g/mol. The van der Waals surface area contributed by atoms with E-state index in [4.69, 9.17) is 17.4 Å². The summed E-state index contributed by atoms with van der Waals surface area (Å²) in [6.45, 7) is 11.0. The zero-order valence-electron chi connectivity index (χ0n) is 13.9. The van der Waals surface area contributed by atoms with E-state index in [1.807, 2.05) is 20.8 Å². The molecule has 7 heteroatoms. The molecule has 0 heterocycles. The SMILES string of the molecule is CC(C)(C)N(N)C(=O)C1=C([N+](=O)[O-])CC(Cl)(C(C)(C)C)C=C1. The van der Waals surface area contributed by atoms with E-state index in [1.165, 1.54) is 6.08 Å². The van der Waals surface area contributed by atoms with Gasteiger partial charge in [-0.05, 0) is 32.3 Å². The van der Waals surface area contributed by atoms with Gasteiger partial charge in [-0.2, -0.15) is 0 Å². The Morgan fingerprint density at radius 3 is 2.23 bits per heavy atom. The van der Waals surface area contributed by atoms with E-state index in [9.17, 15) is 14.9 Å².